The molecule has 0 atom stereocenters. The van der Waals surface area contributed by atoms with Crippen LogP contribution in [0.4, 0.5) is 13.2 Å². The number of alkyl halides is 3. The molecule has 0 bridgehead atoms. The van der Waals surface area contributed by atoms with E-state index in [0.717, 1.165) is 6.07 Å². The van der Waals surface area contributed by atoms with Crippen molar-refractivity contribution in [2.24, 2.45) is 0 Å². The maximum Gasteiger partial charge on any atom is 0.433 e. The van der Waals surface area contributed by atoms with Crippen LogP contribution in [0.1, 0.15) is 11.3 Å². The Labute approximate surface area is 159 Å². The Morgan fingerprint density at radius 1 is 0.893 bits per heavy atom. The first-order valence-electron chi connectivity index (χ1n) is 8.18. The number of hydrogen-bond donors (Lipinski definition) is 0. The molecular formula is C21H15F3N2O2. The largest absolute Gasteiger partial charge is 0.497 e. The van der Waals surface area contributed by atoms with E-state index in [1.807, 2.05) is 6.07 Å². The lowest BCUT2D eigenvalue weighted by molar-refractivity contribution is -0.141. The highest BCUT2D eigenvalue weighted by molar-refractivity contribution is 5.80. The Hall–Kier alpha value is -3.53. The predicted molar refractivity (Wildman–Crippen MR) is 97.9 cm³/mol. The standard InChI is InChI=1S/C21H15F3N2O2/c1-27-15-8-6-13(7-9-15)20-18(12-25)17(11-19(26-20)21(22,23)24)14-4-3-5-16(10-14)28-2/h3-11H,1-2H3. The summed E-state index contributed by atoms with van der Waals surface area (Å²) in [5.41, 5.74) is -0.125. The van der Waals surface area contributed by atoms with Crippen molar-refractivity contribution in [3.63, 3.8) is 0 Å². The van der Waals surface area contributed by atoms with E-state index < -0.39 is 11.9 Å². The van der Waals surface area contributed by atoms with E-state index in [-0.39, 0.29) is 16.8 Å². The number of halogens is 3. The summed E-state index contributed by atoms with van der Waals surface area (Å²) in [5, 5.41) is 9.72. The van der Waals surface area contributed by atoms with Crippen molar-refractivity contribution in [1.82, 2.24) is 4.98 Å². The molecule has 4 nitrogen and oxygen atoms in total. The Morgan fingerprint density at radius 3 is 2.14 bits per heavy atom. The average molecular weight is 384 g/mol. The van der Waals surface area contributed by atoms with Gasteiger partial charge in [-0.25, -0.2) is 4.98 Å². The molecule has 0 unspecified atom stereocenters. The summed E-state index contributed by atoms with van der Waals surface area (Å²) in [5.74, 6) is 1.01. The first-order valence-corrected chi connectivity index (χ1v) is 8.18. The average Bonchev–Trinajstić information content (AvgIpc) is 2.72. The molecule has 2 aromatic carbocycles. The van der Waals surface area contributed by atoms with Crippen LogP contribution in [-0.4, -0.2) is 19.2 Å². The van der Waals surface area contributed by atoms with Crippen molar-refractivity contribution in [3.8, 4) is 40.0 Å². The molecule has 0 saturated carbocycles. The first kappa shape index (κ1) is 19.2. The lowest BCUT2D eigenvalue weighted by atomic mass is 9.95. The van der Waals surface area contributed by atoms with Crippen molar-refractivity contribution in [1.29, 1.82) is 5.26 Å². The second-order valence-corrected chi connectivity index (χ2v) is 5.85. The maximum atomic E-state index is 13.5. The third kappa shape index (κ3) is 3.76. The SMILES string of the molecule is COc1ccc(-c2nc(C(F)(F)F)cc(-c3cccc(OC)c3)c2C#N)cc1. The molecule has 3 aromatic rings. The van der Waals surface area contributed by atoms with Crippen LogP contribution >= 0.6 is 0 Å². The summed E-state index contributed by atoms with van der Waals surface area (Å²) in [6.45, 7) is 0. The Kier molecular flexibility index (Phi) is 5.23. The van der Waals surface area contributed by atoms with Crippen molar-refractivity contribution in [2.75, 3.05) is 14.2 Å². The van der Waals surface area contributed by atoms with Crippen LogP contribution in [0.15, 0.2) is 54.6 Å². The fraction of sp³-hybridized carbons (Fsp3) is 0.143. The van der Waals surface area contributed by atoms with Crippen LogP contribution in [-0.2, 0) is 6.18 Å². The van der Waals surface area contributed by atoms with Gasteiger partial charge in [0.25, 0.3) is 0 Å². The zero-order valence-corrected chi connectivity index (χ0v) is 15.0. The van der Waals surface area contributed by atoms with Crippen molar-refractivity contribution < 1.29 is 22.6 Å². The number of nitriles is 1. The Morgan fingerprint density at radius 2 is 1.57 bits per heavy atom. The van der Waals surface area contributed by atoms with E-state index in [4.69, 9.17) is 9.47 Å². The smallest absolute Gasteiger partial charge is 0.433 e. The van der Waals surface area contributed by atoms with Gasteiger partial charge in [0.2, 0.25) is 0 Å². The van der Waals surface area contributed by atoms with Gasteiger partial charge in [-0.05, 0) is 48.0 Å². The number of aromatic nitrogens is 1. The molecule has 0 fully saturated rings. The van der Waals surface area contributed by atoms with Gasteiger partial charge in [-0.1, -0.05) is 12.1 Å². The summed E-state index contributed by atoms with van der Waals surface area (Å²) in [6, 6.07) is 15.7. The summed E-state index contributed by atoms with van der Waals surface area (Å²) in [6.07, 6.45) is -4.66. The van der Waals surface area contributed by atoms with E-state index >= 15 is 0 Å². The van der Waals surface area contributed by atoms with Crippen molar-refractivity contribution >= 4 is 0 Å². The van der Waals surface area contributed by atoms with Gasteiger partial charge < -0.3 is 9.47 Å². The van der Waals surface area contributed by atoms with Crippen LogP contribution in [0.25, 0.3) is 22.4 Å². The Bertz CT molecular complexity index is 1040. The highest BCUT2D eigenvalue weighted by Crippen LogP contribution is 2.38. The summed E-state index contributed by atoms with van der Waals surface area (Å²) in [4.78, 5) is 3.75. The zero-order chi connectivity index (χ0) is 20.3. The maximum absolute atomic E-state index is 13.5. The lowest BCUT2D eigenvalue weighted by Gasteiger charge is -2.15. The summed E-state index contributed by atoms with van der Waals surface area (Å²) in [7, 11) is 2.94. The monoisotopic (exact) mass is 384 g/mol. The molecule has 0 saturated heterocycles. The lowest BCUT2D eigenvalue weighted by Crippen LogP contribution is -2.10. The van der Waals surface area contributed by atoms with Crippen LogP contribution in [0.3, 0.4) is 0 Å². The molecule has 0 aliphatic rings. The minimum atomic E-state index is -4.66. The molecule has 28 heavy (non-hydrogen) atoms. The minimum Gasteiger partial charge on any atom is -0.497 e. The van der Waals surface area contributed by atoms with Gasteiger partial charge in [-0.3, -0.25) is 0 Å². The molecule has 7 heteroatoms. The van der Waals surface area contributed by atoms with E-state index in [1.165, 1.54) is 14.2 Å². The number of hydrogen-bond acceptors (Lipinski definition) is 4. The van der Waals surface area contributed by atoms with Gasteiger partial charge in [0.15, 0.2) is 0 Å². The molecule has 0 radical (unpaired) electrons. The van der Waals surface area contributed by atoms with Gasteiger partial charge in [-0.15, -0.1) is 0 Å². The van der Waals surface area contributed by atoms with Crippen molar-refractivity contribution in [2.45, 2.75) is 6.18 Å². The molecule has 0 aliphatic carbocycles. The molecule has 1 aromatic heterocycles. The number of pyridine rings is 1. The summed E-state index contributed by atoms with van der Waals surface area (Å²) < 4.78 is 50.7. The fourth-order valence-corrected chi connectivity index (χ4v) is 2.78. The molecule has 0 aliphatic heterocycles. The van der Waals surface area contributed by atoms with Gasteiger partial charge >= 0.3 is 6.18 Å². The van der Waals surface area contributed by atoms with Gasteiger partial charge in [0.1, 0.15) is 23.3 Å². The van der Waals surface area contributed by atoms with E-state index in [9.17, 15) is 18.4 Å². The molecule has 0 spiro atoms. The topological polar surface area (TPSA) is 55.1 Å². The molecule has 142 valence electrons. The highest BCUT2D eigenvalue weighted by Gasteiger charge is 2.34. The van der Waals surface area contributed by atoms with E-state index in [1.54, 1.807) is 48.5 Å². The molecule has 1 heterocycles. The highest BCUT2D eigenvalue weighted by atomic mass is 19.4. The third-order valence-electron chi connectivity index (χ3n) is 4.17. The van der Waals surface area contributed by atoms with E-state index in [0.29, 0.717) is 22.6 Å². The third-order valence-corrected chi connectivity index (χ3v) is 4.17. The quantitative estimate of drug-likeness (QED) is 0.611. The Balaban J connectivity index is 2.30. The minimum absolute atomic E-state index is 0.0437. The molecule has 3 rings (SSSR count). The van der Waals surface area contributed by atoms with Gasteiger partial charge in [0, 0.05) is 11.1 Å². The first-order chi connectivity index (χ1) is 13.4. The van der Waals surface area contributed by atoms with Crippen LogP contribution in [0.5, 0.6) is 11.5 Å². The van der Waals surface area contributed by atoms with Gasteiger partial charge in [-0.2, -0.15) is 18.4 Å². The van der Waals surface area contributed by atoms with Crippen LogP contribution < -0.4 is 9.47 Å². The second kappa shape index (κ2) is 7.61. The van der Waals surface area contributed by atoms with Crippen LogP contribution in [0.2, 0.25) is 0 Å². The summed E-state index contributed by atoms with van der Waals surface area (Å²) >= 11 is 0. The van der Waals surface area contributed by atoms with Gasteiger partial charge in [0.05, 0.1) is 25.5 Å². The van der Waals surface area contributed by atoms with Crippen LogP contribution in [0, 0.1) is 11.3 Å². The number of nitrogens with zero attached hydrogens (tertiary/aromatic N) is 2. The number of ether oxygens (including phenoxy) is 2. The second-order valence-electron chi connectivity index (χ2n) is 5.85. The zero-order valence-electron chi connectivity index (χ0n) is 15.0. The number of benzene rings is 2. The molecule has 0 amide bonds. The van der Waals surface area contributed by atoms with E-state index in [2.05, 4.69) is 4.98 Å². The van der Waals surface area contributed by atoms with Crippen molar-refractivity contribution in [3.05, 3.63) is 65.9 Å². The normalized spacial score (nSPS) is 11.0. The number of rotatable bonds is 4. The molecule has 0 N–H and O–H groups in total. The fourth-order valence-electron chi connectivity index (χ4n) is 2.78. The molecular weight excluding hydrogens is 369 g/mol. The predicted octanol–water partition coefficient (Wildman–Crippen LogP) is 5.32. The number of methoxy groups -OCH3 is 2.